The molecular formula is C19H15NO5. The number of nitrogens with zero attached hydrogens (tertiary/aromatic N) is 1. The van der Waals surface area contributed by atoms with E-state index in [2.05, 4.69) is 4.99 Å². The van der Waals surface area contributed by atoms with E-state index in [0.29, 0.717) is 10.9 Å². The highest BCUT2D eigenvalue weighted by Crippen LogP contribution is 2.27. The van der Waals surface area contributed by atoms with Gasteiger partial charge in [0.15, 0.2) is 6.04 Å². The van der Waals surface area contributed by atoms with Crippen molar-refractivity contribution in [1.82, 2.24) is 0 Å². The lowest BCUT2D eigenvalue weighted by Crippen LogP contribution is -2.12. The molecule has 0 amide bonds. The van der Waals surface area contributed by atoms with E-state index >= 15 is 0 Å². The molecule has 1 atom stereocenters. The molecule has 0 aliphatic heterocycles. The molecule has 25 heavy (non-hydrogen) atoms. The SMILES string of the molecule is Cc1ccc2oc(=O)c(C=NC(C(=O)O)c3ccccc3)c(O)c2c1. The third-order valence-corrected chi connectivity index (χ3v) is 3.77. The van der Waals surface area contributed by atoms with Crippen LogP contribution in [-0.4, -0.2) is 22.4 Å². The van der Waals surface area contributed by atoms with Crippen LogP contribution in [0.2, 0.25) is 0 Å². The van der Waals surface area contributed by atoms with Gasteiger partial charge in [-0.3, -0.25) is 4.99 Å². The third kappa shape index (κ3) is 3.28. The zero-order valence-corrected chi connectivity index (χ0v) is 13.3. The number of carboxylic acids is 1. The van der Waals surface area contributed by atoms with Crippen LogP contribution in [0.25, 0.3) is 11.0 Å². The number of aryl methyl sites for hydroxylation is 1. The van der Waals surface area contributed by atoms with Gasteiger partial charge in [0.2, 0.25) is 0 Å². The summed E-state index contributed by atoms with van der Waals surface area (Å²) in [5.41, 5.74) is 0.636. The fraction of sp³-hybridized carbons (Fsp3) is 0.105. The van der Waals surface area contributed by atoms with E-state index in [1.165, 1.54) is 0 Å². The largest absolute Gasteiger partial charge is 0.506 e. The molecule has 0 saturated carbocycles. The van der Waals surface area contributed by atoms with E-state index in [-0.39, 0.29) is 16.9 Å². The first-order valence-corrected chi connectivity index (χ1v) is 7.54. The fourth-order valence-corrected chi connectivity index (χ4v) is 2.51. The molecule has 1 unspecified atom stereocenters. The van der Waals surface area contributed by atoms with Gasteiger partial charge >= 0.3 is 11.6 Å². The second kappa shape index (κ2) is 6.60. The summed E-state index contributed by atoms with van der Waals surface area (Å²) in [6.45, 7) is 1.84. The van der Waals surface area contributed by atoms with Gasteiger partial charge in [0.05, 0.1) is 5.39 Å². The molecule has 126 valence electrons. The fourth-order valence-electron chi connectivity index (χ4n) is 2.51. The van der Waals surface area contributed by atoms with E-state index in [1.807, 2.05) is 6.92 Å². The second-order valence-electron chi connectivity index (χ2n) is 5.58. The average molecular weight is 337 g/mol. The van der Waals surface area contributed by atoms with Gasteiger partial charge in [-0.15, -0.1) is 0 Å². The lowest BCUT2D eigenvalue weighted by molar-refractivity contribution is -0.138. The van der Waals surface area contributed by atoms with Crippen LogP contribution in [0.15, 0.2) is 62.7 Å². The van der Waals surface area contributed by atoms with Gasteiger partial charge in [-0.05, 0) is 24.6 Å². The van der Waals surface area contributed by atoms with Crippen molar-refractivity contribution in [1.29, 1.82) is 0 Å². The quantitative estimate of drug-likeness (QED) is 0.563. The van der Waals surface area contributed by atoms with Crippen molar-refractivity contribution in [3.8, 4) is 5.75 Å². The van der Waals surface area contributed by atoms with Crippen molar-refractivity contribution in [2.75, 3.05) is 0 Å². The van der Waals surface area contributed by atoms with E-state index < -0.39 is 17.6 Å². The van der Waals surface area contributed by atoms with Crippen molar-refractivity contribution in [3.05, 3.63) is 75.6 Å². The number of rotatable bonds is 4. The predicted molar refractivity (Wildman–Crippen MR) is 93.3 cm³/mol. The van der Waals surface area contributed by atoms with Crippen LogP contribution in [0.1, 0.15) is 22.7 Å². The number of carbonyl (C=O) groups is 1. The highest BCUT2D eigenvalue weighted by molar-refractivity contribution is 5.94. The molecule has 0 radical (unpaired) electrons. The molecule has 6 heteroatoms. The highest BCUT2D eigenvalue weighted by atomic mass is 16.4. The lowest BCUT2D eigenvalue weighted by Gasteiger charge is -2.08. The van der Waals surface area contributed by atoms with Gasteiger partial charge in [-0.1, -0.05) is 42.0 Å². The molecule has 3 rings (SSSR count). The van der Waals surface area contributed by atoms with Crippen molar-refractivity contribution in [2.45, 2.75) is 13.0 Å². The molecule has 6 nitrogen and oxygen atoms in total. The summed E-state index contributed by atoms with van der Waals surface area (Å²) >= 11 is 0. The minimum Gasteiger partial charge on any atom is -0.506 e. The molecule has 1 heterocycles. The first-order valence-electron chi connectivity index (χ1n) is 7.54. The Bertz CT molecular complexity index is 1020. The highest BCUT2D eigenvalue weighted by Gasteiger charge is 2.19. The summed E-state index contributed by atoms with van der Waals surface area (Å²) in [5, 5.41) is 20.1. The predicted octanol–water partition coefficient (Wildman–Crippen LogP) is 3.05. The van der Waals surface area contributed by atoms with E-state index in [1.54, 1.807) is 48.5 Å². The standard InChI is InChI=1S/C19H15NO5/c1-11-7-8-15-13(9-11)17(21)14(19(24)25-15)10-20-16(18(22)23)12-5-3-2-4-6-12/h2-10,16,21H,1H3,(H,22,23). The van der Waals surface area contributed by atoms with Crippen LogP contribution >= 0.6 is 0 Å². The number of aliphatic carboxylic acids is 1. The van der Waals surface area contributed by atoms with Gasteiger partial charge in [-0.25, -0.2) is 9.59 Å². The Labute approximate surface area is 142 Å². The topological polar surface area (TPSA) is 100 Å². The van der Waals surface area contributed by atoms with Crippen molar-refractivity contribution < 1.29 is 19.4 Å². The Morgan fingerprint density at radius 2 is 1.92 bits per heavy atom. The summed E-state index contributed by atoms with van der Waals surface area (Å²) in [7, 11) is 0. The Morgan fingerprint density at radius 3 is 2.60 bits per heavy atom. The Morgan fingerprint density at radius 1 is 1.20 bits per heavy atom. The van der Waals surface area contributed by atoms with Crippen molar-refractivity contribution in [3.63, 3.8) is 0 Å². The summed E-state index contributed by atoms with van der Waals surface area (Å²) in [5.74, 6) is -1.45. The van der Waals surface area contributed by atoms with E-state index in [9.17, 15) is 19.8 Å². The van der Waals surface area contributed by atoms with Crippen LogP contribution in [0.3, 0.4) is 0 Å². The normalized spacial score (nSPS) is 12.5. The minimum atomic E-state index is -1.19. The molecule has 0 spiro atoms. The van der Waals surface area contributed by atoms with Crippen LogP contribution in [0.5, 0.6) is 5.75 Å². The lowest BCUT2D eigenvalue weighted by atomic mass is 10.1. The molecule has 0 aliphatic carbocycles. The smallest absolute Gasteiger partial charge is 0.348 e. The third-order valence-electron chi connectivity index (χ3n) is 3.77. The summed E-state index contributed by atoms with van der Waals surface area (Å²) < 4.78 is 5.17. The van der Waals surface area contributed by atoms with Crippen LogP contribution < -0.4 is 5.63 Å². The van der Waals surface area contributed by atoms with Gasteiger partial charge in [0.25, 0.3) is 0 Å². The zero-order chi connectivity index (χ0) is 18.0. The molecular weight excluding hydrogens is 322 g/mol. The van der Waals surface area contributed by atoms with Crippen molar-refractivity contribution >= 4 is 23.2 Å². The van der Waals surface area contributed by atoms with Gasteiger partial charge < -0.3 is 14.6 Å². The zero-order valence-electron chi connectivity index (χ0n) is 13.3. The molecule has 1 aromatic heterocycles. The second-order valence-corrected chi connectivity index (χ2v) is 5.58. The van der Waals surface area contributed by atoms with Gasteiger partial charge in [0, 0.05) is 6.21 Å². The number of hydrogen-bond acceptors (Lipinski definition) is 5. The molecule has 2 N–H and O–H groups in total. The number of aromatic hydroxyl groups is 1. The first-order chi connectivity index (χ1) is 12.0. The summed E-state index contributed by atoms with van der Waals surface area (Å²) in [4.78, 5) is 27.5. The van der Waals surface area contributed by atoms with E-state index in [4.69, 9.17) is 4.42 Å². The van der Waals surface area contributed by atoms with Crippen LogP contribution in [-0.2, 0) is 4.79 Å². The number of aliphatic imine (C=N–C) groups is 1. The number of hydrogen-bond donors (Lipinski definition) is 2. The number of carboxylic acid groups (broad SMARTS) is 1. The number of fused-ring (bicyclic) bond motifs is 1. The first kappa shape index (κ1) is 16.4. The Hall–Kier alpha value is -3.41. The monoisotopic (exact) mass is 337 g/mol. The number of benzene rings is 2. The molecule has 0 fully saturated rings. The molecule has 0 saturated heterocycles. The van der Waals surface area contributed by atoms with E-state index in [0.717, 1.165) is 11.8 Å². The maximum absolute atomic E-state index is 12.1. The minimum absolute atomic E-state index is 0.180. The van der Waals surface area contributed by atoms with Crippen LogP contribution in [0, 0.1) is 6.92 Å². The molecule has 0 aliphatic rings. The van der Waals surface area contributed by atoms with Gasteiger partial charge in [-0.2, -0.15) is 0 Å². The summed E-state index contributed by atoms with van der Waals surface area (Å²) in [6.07, 6.45) is 1.05. The average Bonchev–Trinajstić information content (AvgIpc) is 2.59. The van der Waals surface area contributed by atoms with Gasteiger partial charge in [0.1, 0.15) is 16.9 Å². The molecule has 3 aromatic rings. The Balaban J connectivity index is 2.08. The van der Waals surface area contributed by atoms with Crippen molar-refractivity contribution in [2.24, 2.45) is 4.99 Å². The molecule has 0 bridgehead atoms. The maximum atomic E-state index is 12.1. The Kier molecular flexibility index (Phi) is 4.35. The molecule has 2 aromatic carbocycles. The summed E-state index contributed by atoms with van der Waals surface area (Å²) in [6, 6.07) is 12.3. The van der Waals surface area contributed by atoms with Crippen LogP contribution in [0.4, 0.5) is 0 Å². The maximum Gasteiger partial charge on any atom is 0.348 e.